The van der Waals surface area contributed by atoms with E-state index in [4.69, 9.17) is 0 Å². The minimum atomic E-state index is -3.48. The summed E-state index contributed by atoms with van der Waals surface area (Å²) in [6, 6.07) is 1.68. The number of aryl methyl sites for hydroxylation is 3. The van der Waals surface area contributed by atoms with Crippen molar-refractivity contribution in [3.05, 3.63) is 40.1 Å². The van der Waals surface area contributed by atoms with E-state index in [9.17, 15) is 13.2 Å². The summed E-state index contributed by atoms with van der Waals surface area (Å²) >= 11 is 0. The maximum absolute atomic E-state index is 12.4. The maximum atomic E-state index is 12.4. The average molecular weight is 349 g/mol. The third-order valence-electron chi connectivity index (χ3n) is 4.70. The molecule has 0 N–H and O–H groups in total. The highest BCUT2D eigenvalue weighted by Crippen LogP contribution is 2.25. The Kier molecular flexibility index (Phi) is 3.57. The number of hydrogen-bond acceptors (Lipinski definition) is 5. The Labute approximate surface area is 139 Å². The lowest BCUT2D eigenvalue weighted by atomic mass is 10.0. The number of aromatic nitrogens is 4. The minimum Gasteiger partial charge on any atom is -0.274 e. The van der Waals surface area contributed by atoms with E-state index >= 15 is 0 Å². The number of nitrogens with zero attached hydrogens (tertiary/aromatic N) is 5. The average Bonchev–Trinajstić information content (AvgIpc) is 3.10. The van der Waals surface area contributed by atoms with Gasteiger partial charge in [0, 0.05) is 38.3 Å². The third kappa shape index (κ3) is 2.57. The van der Waals surface area contributed by atoms with Crippen molar-refractivity contribution in [3.8, 4) is 0 Å². The van der Waals surface area contributed by atoms with E-state index in [0.717, 1.165) is 30.5 Å². The molecular formula is C15H19N5O3S. The summed E-state index contributed by atoms with van der Waals surface area (Å²) in [6.07, 6.45) is 5.75. The summed E-state index contributed by atoms with van der Waals surface area (Å²) in [6.45, 7) is 1.27. The van der Waals surface area contributed by atoms with Gasteiger partial charge in [-0.25, -0.2) is 13.1 Å². The first-order chi connectivity index (χ1) is 11.4. The van der Waals surface area contributed by atoms with E-state index in [2.05, 4.69) is 10.2 Å². The van der Waals surface area contributed by atoms with Gasteiger partial charge in [-0.3, -0.25) is 9.48 Å². The fourth-order valence-electron chi connectivity index (χ4n) is 3.33. The van der Waals surface area contributed by atoms with E-state index in [-0.39, 0.29) is 16.4 Å². The number of hydrogen-bond donors (Lipinski definition) is 0. The van der Waals surface area contributed by atoms with E-state index in [1.807, 2.05) is 0 Å². The molecular weight excluding hydrogens is 330 g/mol. The van der Waals surface area contributed by atoms with Crippen molar-refractivity contribution in [1.82, 2.24) is 23.9 Å². The Morgan fingerprint density at radius 2 is 2.08 bits per heavy atom. The van der Waals surface area contributed by atoms with Crippen molar-refractivity contribution >= 4 is 10.0 Å². The lowest BCUT2D eigenvalue weighted by Gasteiger charge is -2.37. The maximum Gasteiger partial charge on any atom is 0.267 e. The molecule has 128 valence electrons. The summed E-state index contributed by atoms with van der Waals surface area (Å²) in [5.74, 6) is 0.112. The zero-order valence-corrected chi connectivity index (χ0v) is 14.2. The predicted octanol–water partition coefficient (Wildman–Crippen LogP) is -0.214. The van der Waals surface area contributed by atoms with Crippen LogP contribution in [0.1, 0.15) is 17.7 Å². The van der Waals surface area contributed by atoms with Crippen LogP contribution in [0.5, 0.6) is 0 Å². The van der Waals surface area contributed by atoms with Gasteiger partial charge in [0.2, 0.25) is 10.0 Å². The molecule has 0 atom stereocenters. The minimum absolute atomic E-state index is 0.0933. The molecule has 3 heterocycles. The van der Waals surface area contributed by atoms with Crippen molar-refractivity contribution in [2.75, 3.05) is 13.1 Å². The fraction of sp³-hybridized carbons (Fsp3) is 0.533. The zero-order valence-electron chi connectivity index (χ0n) is 13.4. The van der Waals surface area contributed by atoms with Crippen LogP contribution in [0.2, 0.25) is 0 Å². The highest BCUT2D eigenvalue weighted by Gasteiger charge is 2.37. The molecule has 0 amide bonds. The smallest absolute Gasteiger partial charge is 0.267 e. The number of sulfonamides is 1. The SMILES string of the molecule is Cn1cc(S(=O)(=O)N2CC(Cn3nc4c(cc3=O)CCC4)C2)cn1. The van der Waals surface area contributed by atoms with Crippen molar-refractivity contribution in [2.45, 2.75) is 30.7 Å². The van der Waals surface area contributed by atoms with E-state index < -0.39 is 10.0 Å². The fourth-order valence-corrected chi connectivity index (χ4v) is 4.91. The van der Waals surface area contributed by atoms with Crippen LogP contribution in [-0.4, -0.2) is 45.4 Å². The van der Waals surface area contributed by atoms with Crippen LogP contribution in [0.25, 0.3) is 0 Å². The van der Waals surface area contributed by atoms with Gasteiger partial charge < -0.3 is 0 Å². The van der Waals surface area contributed by atoms with Gasteiger partial charge in [-0.2, -0.15) is 14.5 Å². The van der Waals surface area contributed by atoms with Gasteiger partial charge in [0.1, 0.15) is 4.90 Å². The number of rotatable bonds is 4. The first-order valence-electron chi connectivity index (χ1n) is 8.02. The lowest BCUT2D eigenvalue weighted by molar-refractivity contribution is 0.172. The van der Waals surface area contributed by atoms with E-state index in [0.29, 0.717) is 19.6 Å². The summed E-state index contributed by atoms with van der Waals surface area (Å²) in [4.78, 5) is 12.3. The highest BCUT2D eigenvalue weighted by molar-refractivity contribution is 7.89. The molecule has 0 spiro atoms. The topological polar surface area (TPSA) is 90.1 Å². The molecule has 1 aliphatic carbocycles. The van der Waals surface area contributed by atoms with Gasteiger partial charge in [-0.15, -0.1) is 0 Å². The summed E-state index contributed by atoms with van der Waals surface area (Å²) in [7, 11) is -1.80. The largest absolute Gasteiger partial charge is 0.274 e. The Morgan fingerprint density at radius 3 is 2.79 bits per heavy atom. The van der Waals surface area contributed by atoms with Crippen LogP contribution in [0.4, 0.5) is 0 Å². The van der Waals surface area contributed by atoms with Gasteiger partial charge in [-0.1, -0.05) is 0 Å². The molecule has 24 heavy (non-hydrogen) atoms. The molecule has 0 radical (unpaired) electrons. The monoisotopic (exact) mass is 349 g/mol. The molecule has 0 unspecified atom stereocenters. The lowest BCUT2D eigenvalue weighted by Crippen LogP contribution is -2.52. The third-order valence-corrected chi connectivity index (χ3v) is 6.48. The van der Waals surface area contributed by atoms with Gasteiger partial charge in [-0.05, 0) is 24.8 Å². The Bertz CT molecular complexity index is 940. The molecule has 0 bridgehead atoms. The molecule has 2 aromatic heterocycles. The normalized spacial score (nSPS) is 18.5. The molecule has 0 saturated carbocycles. The first kappa shape index (κ1) is 15.5. The Balaban J connectivity index is 1.44. The molecule has 1 fully saturated rings. The quantitative estimate of drug-likeness (QED) is 0.762. The van der Waals surface area contributed by atoms with Gasteiger partial charge >= 0.3 is 0 Å². The van der Waals surface area contributed by atoms with Crippen LogP contribution in [0, 0.1) is 5.92 Å². The van der Waals surface area contributed by atoms with Crippen molar-refractivity contribution in [3.63, 3.8) is 0 Å². The van der Waals surface area contributed by atoms with E-state index in [1.165, 1.54) is 26.1 Å². The second-order valence-electron chi connectivity index (χ2n) is 6.53. The summed E-state index contributed by atoms with van der Waals surface area (Å²) in [5.41, 5.74) is 1.98. The summed E-state index contributed by atoms with van der Waals surface area (Å²) in [5, 5.41) is 8.36. The zero-order chi connectivity index (χ0) is 16.9. The number of fused-ring (bicyclic) bond motifs is 1. The van der Waals surface area contributed by atoms with Crippen LogP contribution < -0.4 is 5.56 Å². The van der Waals surface area contributed by atoms with Crippen LogP contribution >= 0.6 is 0 Å². The standard InChI is InChI=1S/C15H19N5O3S/c1-18-10-13(6-16-18)24(22,23)19-7-11(8-19)9-20-15(21)5-12-3-2-4-14(12)17-20/h5-6,10-11H,2-4,7-9H2,1H3. The molecule has 9 heteroatoms. The Morgan fingerprint density at radius 1 is 1.29 bits per heavy atom. The molecule has 2 aromatic rings. The van der Waals surface area contributed by atoms with Crippen LogP contribution in [0.15, 0.2) is 28.2 Å². The molecule has 0 aromatic carbocycles. The first-order valence-corrected chi connectivity index (χ1v) is 9.46. The molecule has 4 rings (SSSR count). The van der Waals surface area contributed by atoms with Crippen LogP contribution in [-0.2, 0) is 36.5 Å². The Hall–Kier alpha value is -2.00. The second kappa shape index (κ2) is 5.52. The van der Waals surface area contributed by atoms with Gasteiger partial charge in [0.15, 0.2) is 0 Å². The molecule has 8 nitrogen and oxygen atoms in total. The van der Waals surface area contributed by atoms with Crippen molar-refractivity contribution in [2.24, 2.45) is 13.0 Å². The highest BCUT2D eigenvalue weighted by atomic mass is 32.2. The molecule has 1 aliphatic heterocycles. The van der Waals surface area contributed by atoms with Gasteiger partial charge in [0.05, 0.1) is 18.4 Å². The van der Waals surface area contributed by atoms with Crippen molar-refractivity contribution < 1.29 is 8.42 Å². The molecule has 2 aliphatic rings. The van der Waals surface area contributed by atoms with Gasteiger partial charge in [0.25, 0.3) is 5.56 Å². The van der Waals surface area contributed by atoms with Crippen molar-refractivity contribution in [1.29, 1.82) is 0 Å². The predicted molar refractivity (Wildman–Crippen MR) is 86.0 cm³/mol. The molecule has 1 saturated heterocycles. The van der Waals surface area contributed by atoms with Crippen LogP contribution in [0.3, 0.4) is 0 Å². The summed E-state index contributed by atoms with van der Waals surface area (Å²) < 4.78 is 29.3. The second-order valence-corrected chi connectivity index (χ2v) is 8.47. The van der Waals surface area contributed by atoms with E-state index in [1.54, 1.807) is 13.1 Å².